The molecule has 3 heteroatoms. The summed E-state index contributed by atoms with van der Waals surface area (Å²) in [6.07, 6.45) is 12.3. The van der Waals surface area contributed by atoms with Gasteiger partial charge in [0.1, 0.15) is 0 Å². The van der Waals surface area contributed by atoms with Crippen molar-refractivity contribution in [1.82, 2.24) is 0 Å². The molecule has 0 heterocycles. The third-order valence-corrected chi connectivity index (χ3v) is 4.81. The second-order valence-electron chi connectivity index (χ2n) is 7.03. The average molecular weight is 417 g/mol. The summed E-state index contributed by atoms with van der Waals surface area (Å²) in [6, 6.07) is 19.7. The van der Waals surface area contributed by atoms with E-state index in [1.807, 2.05) is 13.8 Å². The molecule has 0 amide bonds. The van der Waals surface area contributed by atoms with Crippen LogP contribution in [0, 0.1) is 0 Å². The van der Waals surface area contributed by atoms with Gasteiger partial charge in [0.2, 0.25) is 0 Å². The monoisotopic (exact) mass is 416 g/mol. The first-order chi connectivity index (χ1) is 13.3. The maximum absolute atomic E-state index is 4.83. The zero-order chi connectivity index (χ0) is 19.6. The number of aryl methyl sites for hydroxylation is 1. The van der Waals surface area contributed by atoms with Crippen molar-refractivity contribution in [3.05, 3.63) is 60.2 Å². The Morgan fingerprint density at radius 3 is 1.69 bits per heavy atom. The molecule has 154 valence electrons. The molecule has 1 nitrogen and oxygen atoms in total. The van der Waals surface area contributed by atoms with Crippen molar-refractivity contribution in [3.63, 3.8) is 0 Å². The van der Waals surface area contributed by atoms with E-state index in [-0.39, 0.29) is 62.0 Å². The van der Waals surface area contributed by atoms with Gasteiger partial charge < -0.3 is 7.59 Å². The van der Waals surface area contributed by atoms with Crippen molar-refractivity contribution in [2.45, 2.75) is 78.6 Å². The van der Waals surface area contributed by atoms with Crippen molar-refractivity contribution < 1.29 is 66.7 Å². The molecule has 2 rings (SSSR count). The zero-order valence-electron chi connectivity index (χ0n) is 21.9. The number of unbranched alkanes of at least 4 members (excludes halogenated alkanes) is 7. The van der Waals surface area contributed by atoms with Gasteiger partial charge in [-0.25, -0.2) is 0 Å². The molecule has 0 aliphatic heterocycles. The molecule has 0 radical (unpaired) electrons. The van der Waals surface area contributed by atoms with Gasteiger partial charge in [-0.1, -0.05) is 106 Å². The van der Waals surface area contributed by atoms with Crippen molar-refractivity contribution in [2.75, 3.05) is 13.2 Å². The van der Waals surface area contributed by atoms with Crippen LogP contribution >= 0.6 is 0 Å². The largest absolute Gasteiger partial charge is 1.00 e. The van der Waals surface area contributed by atoms with Crippen LogP contribution in [0.25, 0.3) is 11.1 Å². The number of benzene rings is 2. The van der Waals surface area contributed by atoms with E-state index in [0.717, 1.165) is 13.2 Å². The van der Waals surface area contributed by atoms with Crippen LogP contribution in [0.2, 0.25) is 0 Å². The minimum atomic E-state index is 0. The van der Waals surface area contributed by atoms with E-state index in [0.29, 0.717) is 0 Å². The summed E-state index contributed by atoms with van der Waals surface area (Å²) in [5, 5.41) is 0. The second kappa shape index (κ2) is 23.1. The van der Waals surface area contributed by atoms with Gasteiger partial charge in [0.25, 0.3) is 0 Å². The van der Waals surface area contributed by atoms with E-state index in [4.69, 9.17) is 4.74 Å². The molecule has 0 aliphatic carbocycles. The molecule has 2 aromatic carbocycles. The van der Waals surface area contributed by atoms with Crippen molar-refractivity contribution in [1.29, 1.82) is 0 Å². The third kappa shape index (κ3) is 15.8. The SMILES string of the molecule is CCCCCCCCCCc1ccccc1-c1ccccc1.CCOCC.[H-].[H-].[Na+].[Na+]. The fraction of sp³-hybridized carbons (Fsp3) is 0.538. The summed E-state index contributed by atoms with van der Waals surface area (Å²) in [5.74, 6) is 0. The molecule has 0 saturated carbocycles. The summed E-state index contributed by atoms with van der Waals surface area (Å²) in [6.45, 7) is 7.95. The van der Waals surface area contributed by atoms with Crippen LogP contribution < -0.4 is 59.1 Å². The predicted molar refractivity (Wildman–Crippen MR) is 123 cm³/mol. The Morgan fingerprint density at radius 2 is 1.14 bits per heavy atom. The molecule has 0 aromatic heterocycles. The first-order valence-corrected chi connectivity index (χ1v) is 11.0. The van der Waals surface area contributed by atoms with Gasteiger partial charge in [0, 0.05) is 13.2 Å². The van der Waals surface area contributed by atoms with E-state index >= 15 is 0 Å². The number of ether oxygens (including phenoxy) is 1. The minimum Gasteiger partial charge on any atom is -1.00 e. The second-order valence-corrected chi connectivity index (χ2v) is 7.03. The maximum Gasteiger partial charge on any atom is 1.00 e. The molecule has 29 heavy (non-hydrogen) atoms. The number of rotatable bonds is 12. The molecule has 0 spiro atoms. The zero-order valence-corrected chi connectivity index (χ0v) is 23.9. The quantitative estimate of drug-likeness (QED) is 0.381. The van der Waals surface area contributed by atoms with Gasteiger partial charge in [0.05, 0.1) is 0 Å². The Kier molecular flexibility index (Phi) is 25.1. The van der Waals surface area contributed by atoms with Crippen LogP contribution in [0.15, 0.2) is 54.6 Å². The van der Waals surface area contributed by atoms with Crippen LogP contribution in [0.3, 0.4) is 0 Å². The van der Waals surface area contributed by atoms with E-state index in [9.17, 15) is 0 Å². The Bertz CT molecular complexity index is 581. The van der Waals surface area contributed by atoms with Gasteiger partial charge >= 0.3 is 59.1 Å². The first kappa shape index (κ1) is 31.6. The molecule has 0 unspecified atom stereocenters. The molecular formula is C26H42Na2O. The van der Waals surface area contributed by atoms with Crippen LogP contribution in [0.4, 0.5) is 0 Å². The summed E-state index contributed by atoms with van der Waals surface area (Å²) in [4.78, 5) is 0. The Labute approximate surface area is 228 Å². The fourth-order valence-electron chi connectivity index (χ4n) is 3.29. The van der Waals surface area contributed by atoms with Gasteiger partial charge in [-0.05, 0) is 43.4 Å². The number of hydrogen-bond donors (Lipinski definition) is 0. The molecule has 0 N–H and O–H groups in total. The van der Waals surface area contributed by atoms with Gasteiger partial charge in [-0.3, -0.25) is 0 Å². The smallest absolute Gasteiger partial charge is 1.00 e. The van der Waals surface area contributed by atoms with E-state index in [1.54, 1.807) is 0 Å². The molecule has 0 atom stereocenters. The van der Waals surface area contributed by atoms with E-state index in [1.165, 1.54) is 74.5 Å². The summed E-state index contributed by atoms with van der Waals surface area (Å²) in [7, 11) is 0. The minimum absolute atomic E-state index is 0. The predicted octanol–water partition coefficient (Wildman–Crippen LogP) is 2.31. The molecule has 0 saturated heterocycles. The molecular weight excluding hydrogens is 374 g/mol. The summed E-state index contributed by atoms with van der Waals surface area (Å²) < 4.78 is 4.83. The van der Waals surface area contributed by atoms with Crippen LogP contribution in [0.5, 0.6) is 0 Å². The Morgan fingerprint density at radius 1 is 0.621 bits per heavy atom. The average Bonchev–Trinajstić information content (AvgIpc) is 2.72. The molecule has 2 aromatic rings. The molecule has 0 aliphatic rings. The topological polar surface area (TPSA) is 9.23 Å². The van der Waals surface area contributed by atoms with Crippen molar-refractivity contribution in [3.8, 4) is 11.1 Å². The molecule has 0 fully saturated rings. The summed E-state index contributed by atoms with van der Waals surface area (Å²) in [5.41, 5.74) is 4.25. The van der Waals surface area contributed by atoms with Crippen LogP contribution in [0.1, 0.15) is 80.6 Å². The Balaban J connectivity index is -0.000000366. The normalized spacial score (nSPS) is 9.62. The van der Waals surface area contributed by atoms with Crippen molar-refractivity contribution in [2.24, 2.45) is 0 Å². The molecule has 0 bridgehead atoms. The van der Waals surface area contributed by atoms with Crippen LogP contribution in [-0.4, -0.2) is 13.2 Å². The van der Waals surface area contributed by atoms with Crippen LogP contribution in [-0.2, 0) is 11.2 Å². The first-order valence-electron chi connectivity index (χ1n) is 11.0. The number of hydrogen-bond acceptors (Lipinski definition) is 1. The van der Waals surface area contributed by atoms with Crippen molar-refractivity contribution >= 4 is 0 Å². The van der Waals surface area contributed by atoms with Gasteiger partial charge in [0.15, 0.2) is 0 Å². The van der Waals surface area contributed by atoms with E-state index in [2.05, 4.69) is 61.5 Å². The fourth-order valence-corrected chi connectivity index (χ4v) is 3.29. The van der Waals surface area contributed by atoms with E-state index < -0.39 is 0 Å². The summed E-state index contributed by atoms with van der Waals surface area (Å²) >= 11 is 0. The van der Waals surface area contributed by atoms with Gasteiger partial charge in [-0.15, -0.1) is 0 Å². The standard InChI is InChI=1S/C22H30.C4H10O.2Na.2H/c1-2-3-4-5-6-7-8-10-15-21-18-13-14-19-22(21)20-16-11-9-12-17-20;1-3-5-4-2;;;;/h9,11-14,16-19H,2-8,10,15H2,1H3;3-4H2,1-2H3;;;;/q;;2*+1;2*-1. The third-order valence-electron chi connectivity index (χ3n) is 4.81. The maximum atomic E-state index is 4.83. The van der Waals surface area contributed by atoms with Gasteiger partial charge in [-0.2, -0.15) is 0 Å². The Hall–Kier alpha value is 0.400.